The molecule has 0 saturated carbocycles. The van der Waals surface area contributed by atoms with Gasteiger partial charge in [0.15, 0.2) is 11.5 Å². The molecule has 2 heterocycles. The first-order valence-corrected chi connectivity index (χ1v) is 10.7. The summed E-state index contributed by atoms with van der Waals surface area (Å²) in [5.74, 6) is 0.00653. The van der Waals surface area contributed by atoms with Crippen molar-refractivity contribution in [1.82, 2.24) is 9.97 Å². The van der Waals surface area contributed by atoms with Gasteiger partial charge >= 0.3 is 15.6 Å². The van der Waals surface area contributed by atoms with Crippen LogP contribution in [0.2, 0.25) is 0 Å². The molecule has 4 N–H and O–H groups in total. The van der Waals surface area contributed by atoms with Crippen molar-refractivity contribution in [3.05, 3.63) is 60.9 Å². The predicted octanol–water partition coefficient (Wildman–Crippen LogP) is 4.32. The van der Waals surface area contributed by atoms with Gasteiger partial charge in [-0.2, -0.15) is 4.31 Å². The number of nitrogens with one attached hydrogen (secondary N) is 2. The Morgan fingerprint density at radius 3 is 1.56 bits per heavy atom. The molecule has 0 radical (unpaired) electrons. The molecule has 27 heavy (non-hydrogen) atoms. The zero-order valence-electron chi connectivity index (χ0n) is 13.6. The molecular formula is C16H14N2O7P2. The first-order valence-electron chi connectivity index (χ1n) is 7.71. The zero-order chi connectivity index (χ0) is 19.1. The SMILES string of the molecule is O=P(O)(Oc1c[nH]c2ccccc12)OP(=O)(O)Oc1c[nH]c2ccccc12. The molecular weight excluding hydrogens is 394 g/mol. The van der Waals surface area contributed by atoms with Crippen molar-refractivity contribution < 1.29 is 32.3 Å². The standard InChI is InChI=1S/C16H14N2O7P2/c19-26(20,23-15-9-17-13-7-3-1-5-11(13)15)25-27(21,22)24-16-10-18-14-8-4-2-6-12(14)16/h1-10,17-18H,(H,19,20)(H,21,22). The van der Waals surface area contributed by atoms with E-state index in [0.717, 1.165) is 0 Å². The number of aromatic amines is 2. The Morgan fingerprint density at radius 1 is 0.704 bits per heavy atom. The second-order valence-electron chi connectivity index (χ2n) is 5.60. The number of fused-ring (bicyclic) bond motifs is 2. The Balaban J connectivity index is 1.54. The second kappa shape index (κ2) is 6.56. The van der Waals surface area contributed by atoms with Crippen LogP contribution in [0.25, 0.3) is 21.8 Å². The number of phosphoric acid groups is 2. The summed E-state index contributed by atoms with van der Waals surface area (Å²) in [4.78, 5) is 25.5. The van der Waals surface area contributed by atoms with Crippen molar-refractivity contribution in [2.24, 2.45) is 0 Å². The molecule has 0 fully saturated rings. The van der Waals surface area contributed by atoms with Crippen LogP contribution in [0.4, 0.5) is 0 Å². The van der Waals surface area contributed by atoms with Crippen LogP contribution in [0.1, 0.15) is 0 Å². The summed E-state index contributed by atoms with van der Waals surface area (Å²) in [6.45, 7) is 0. The summed E-state index contributed by atoms with van der Waals surface area (Å²) < 4.78 is 38.7. The minimum atomic E-state index is -4.95. The molecule has 2 unspecified atom stereocenters. The molecule has 0 saturated heterocycles. The van der Waals surface area contributed by atoms with Crippen LogP contribution >= 0.6 is 15.6 Å². The molecule has 0 bridgehead atoms. The Hall–Kier alpha value is -2.54. The van der Waals surface area contributed by atoms with Gasteiger partial charge in [0.1, 0.15) is 0 Å². The molecule has 140 valence electrons. The normalized spacial score (nSPS) is 16.1. The van der Waals surface area contributed by atoms with Gasteiger partial charge < -0.3 is 19.0 Å². The molecule has 0 spiro atoms. The number of rotatable bonds is 6. The van der Waals surface area contributed by atoms with Crippen LogP contribution in [-0.2, 0) is 13.4 Å². The lowest BCUT2D eigenvalue weighted by atomic mass is 10.2. The topological polar surface area (TPSA) is 134 Å². The van der Waals surface area contributed by atoms with Crippen LogP contribution < -0.4 is 9.05 Å². The predicted molar refractivity (Wildman–Crippen MR) is 98.6 cm³/mol. The second-order valence-corrected chi connectivity index (χ2v) is 8.49. The van der Waals surface area contributed by atoms with Crippen molar-refractivity contribution in [1.29, 1.82) is 0 Å². The van der Waals surface area contributed by atoms with Crippen molar-refractivity contribution in [3.8, 4) is 11.5 Å². The van der Waals surface area contributed by atoms with Gasteiger partial charge in [-0.25, -0.2) is 9.13 Å². The minimum Gasteiger partial charge on any atom is -0.402 e. The number of para-hydroxylation sites is 2. The maximum Gasteiger partial charge on any atom is 0.537 e. The van der Waals surface area contributed by atoms with Gasteiger partial charge in [-0.15, -0.1) is 0 Å². The van der Waals surface area contributed by atoms with E-state index in [0.29, 0.717) is 21.8 Å². The number of benzene rings is 2. The summed E-state index contributed by atoms with van der Waals surface area (Å²) in [6, 6.07) is 13.8. The maximum atomic E-state index is 12.2. The van der Waals surface area contributed by atoms with E-state index in [1.165, 1.54) is 12.4 Å². The van der Waals surface area contributed by atoms with Crippen molar-refractivity contribution in [2.45, 2.75) is 0 Å². The highest BCUT2D eigenvalue weighted by atomic mass is 31.3. The largest absolute Gasteiger partial charge is 0.537 e. The average molecular weight is 408 g/mol. The van der Waals surface area contributed by atoms with E-state index in [9.17, 15) is 18.9 Å². The van der Waals surface area contributed by atoms with Crippen molar-refractivity contribution >= 4 is 37.5 Å². The first kappa shape index (κ1) is 17.9. The quantitative estimate of drug-likeness (QED) is 0.349. The molecule has 0 aliphatic heterocycles. The van der Waals surface area contributed by atoms with Crippen LogP contribution in [0, 0.1) is 0 Å². The van der Waals surface area contributed by atoms with Crippen LogP contribution in [-0.4, -0.2) is 19.8 Å². The Bertz CT molecular complexity index is 1120. The molecule has 4 rings (SSSR count). The smallest absolute Gasteiger partial charge is 0.402 e. The fourth-order valence-electron chi connectivity index (χ4n) is 2.65. The molecule has 0 amide bonds. The molecule has 0 aliphatic carbocycles. The maximum absolute atomic E-state index is 12.2. The molecule has 2 aromatic carbocycles. The summed E-state index contributed by atoms with van der Waals surface area (Å²) in [5, 5.41) is 1.03. The van der Waals surface area contributed by atoms with E-state index < -0.39 is 15.6 Å². The third-order valence-electron chi connectivity index (χ3n) is 3.74. The Labute approximate surface area is 152 Å². The number of hydrogen-bond acceptors (Lipinski definition) is 5. The lowest BCUT2D eigenvalue weighted by molar-refractivity contribution is 0.235. The molecule has 4 aromatic rings. The Morgan fingerprint density at radius 2 is 1.11 bits per heavy atom. The van der Waals surface area contributed by atoms with Gasteiger partial charge in [-0.3, -0.25) is 9.79 Å². The summed E-state index contributed by atoms with van der Waals surface area (Å²) in [6.07, 6.45) is 2.69. The van der Waals surface area contributed by atoms with Gasteiger partial charge in [0, 0.05) is 34.2 Å². The number of H-pyrrole nitrogens is 2. The van der Waals surface area contributed by atoms with E-state index in [1.54, 1.807) is 48.5 Å². The summed E-state index contributed by atoms with van der Waals surface area (Å²) in [5.41, 5.74) is 1.32. The lowest BCUT2D eigenvalue weighted by Crippen LogP contribution is -2.00. The fraction of sp³-hybridized carbons (Fsp3) is 0. The van der Waals surface area contributed by atoms with Gasteiger partial charge in [-0.1, -0.05) is 24.3 Å². The third-order valence-corrected chi connectivity index (χ3v) is 6.24. The summed E-state index contributed by atoms with van der Waals surface area (Å²) in [7, 11) is -9.91. The van der Waals surface area contributed by atoms with Crippen LogP contribution in [0.5, 0.6) is 11.5 Å². The van der Waals surface area contributed by atoms with Gasteiger partial charge in [0.25, 0.3) is 0 Å². The highest BCUT2D eigenvalue weighted by molar-refractivity contribution is 7.61. The van der Waals surface area contributed by atoms with Crippen molar-refractivity contribution in [3.63, 3.8) is 0 Å². The first-order chi connectivity index (χ1) is 12.8. The van der Waals surface area contributed by atoms with Gasteiger partial charge in [-0.05, 0) is 24.3 Å². The Kier molecular flexibility index (Phi) is 4.34. The average Bonchev–Trinajstić information content (AvgIpc) is 3.18. The number of aromatic nitrogens is 2. The summed E-state index contributed by atoms with van der Waals surface area (Å²) >= 11 is 0. The molecule has 2 atom stereocenters. The van der Waals surface area contributed by atoms with E-state index in [-0.39, 0.29) is 11.5 Å². The van der Waals surface area contributed by atoms with E-state index in [2.05, 4.69) is 14.3 Å². The fourth-order valence-corrected chi connectivity index (χ4v) is 4.76. The minimum absolute atomic E-state index is 0.00327. The van der Waals surface area contributed by atoms with E-state index >= 15 is 0 Å². The van der Waals surface area contributed by atoms with Gasteiger partial charge in [0.2, 0.25) is 0 Å². The molecule has 0 aliphatic rings. The van der Waals surface area contributed by atoms with Crippen molar-refractivity contribution in [2.75, 3.05) is 0 Å². The number of phosphoric ester groups is 2. The van der Waals surface area contributed by atoms with E-state index in [4.69, 9.17) is 9.05 Å². The van der Waals surface area contributed by atoms with Crippen LogP contribution in [0.15, 0.2) is 60.9 Å². The molecule has 11 heteroatoms. The molecule has 9 nitrogen and oxygen atoms in total. The molecule has 2 aromatic heterocycles. The zero-order valence-corrected chi connectivity index (χ0v) is 15.4. The monoisotopic (exact) mass is 408 g/mol. The third kappa shape index (κ3) is 3.78. The lowest BCUT2D eigenvalue weighted by Gasteiger charge is -2.16. The van der Waals surface area contributed by atoms with Crippen LogP contribution in [0.3, 0.4) is 0 Å². The van der Waals surface area contributed by atoms with E-state index in [1.807, 2.05) is 0 Å². The number of hydrogen-bond donors (Lipinski definition) is 4. The highest BCUT2D eigenvalue weighted by Crippen LogP contribution is 2.60. The van der Waals surface area contributed by atoms with Gasteiger partial charge in [0.05, 0.1) is 0 Å². The highest BCUT2D eigenvalue weighted by Gasteiger charge is 2.38.